The van der Waals surface area contributed by atoms with Gasteiger partial charge in [-0.2, -0.15) is 0 Å². The number of likely N-dealkylation sites (tertiary alicyclic amines) is 1. The Bertz CT molecular complexity index is 933. The van der Waals surface area contributed by atoms with E-state index < -0.39 is 39.0 Å². The predicted octanol–water partition coefficient (Wildman–Crippen LogP) is 2.40. The third-order valence-electron chi connectivity index (χ3n) is 7.02. The fraction of sp³-hybridized carbons (Fsp3) is 0.625. The van der Waals surface area contributed by atoms with Crippen molar-refractivity contribution in [2.45, 2.75) is 74.6 Å². The number of nitrogens with one attached hydrogen (secondary N) is 2. The molecule has 0 aliphatic carbocycles. The lowest BCUT2D eigenvalue weighted by molar-refractivity contribution is -0.142. The van der Waals surface area contributed by atoms with E-state index in [2.05, 4.69) is 10.6 Å². The van der Waals surface area contributed by atoms with E-state index in [9.17, 15) is 19.5 Å². The first-order valence-electron chi connectivity index (χ1n) is 11.2. The van der Waals surface area contributed by atoms with Crippen molar-refractivity contribution in [2.75, 3.05) is 11.9 Å². The largest absolute Gasteiger partial charge is 0.394 e. The van der Waals surface area contributed by atoms with Crippen LogP contribution in [0.1, 0.15) is 47.5 Å². The standard InChI is InChI=1S/C24H33N3O4S/c1-14(13-28)27-18(20(30)26-22(2,3)4)24-12-11-23(5,32-24)16(17(24)21(27)31)19(29)25-15-9-7-6-8-10-15/h6-10,14,16-18,28H,11-13H2,1-5H3,(H,25,29)(H,26,30)/t14-,16-,17+,18?,23+,24?/m1/s1. The number of benzene rings is 1. The molecule has 174 valence electrons. The number of aliphatic hydroxyl groups is 1. The highest BCUT2D eigenvalue weighted by Gasteiger charge is 2.77. The average Bonchev–Trinajstić information content (AvgIpc) is 3.27. The molecule has 0 radical (unpaired) electrons. The van der Waals surface area contributed by atoms with E-state index in [1.54, 1.807) is 23.6 Å². The van der Waals surface area contributed by atoms with Crippen LogP contribution in [0.5, 0.6) is 0 Å². The van der Waals surface area contributed by atoms with Gasteiger partial charge in [-0.25, -0.2) is 0 Å². The fourth-order valence-corrected chi connectivity index (χ4v) is 8.15. The quantitative estimate of drug-likeness (QED) is 0.628. The second-order valence-electron chi connectivity index (χ2n) is 10.6. The summed E-state index contributed by atoms with van der Waals surface area (Å²) in [6, 6.07) is 8.01. The summed E-state index contributed by atoms with van der Waals surface area (Å²) < 4.78 is -1.10. The maximum Gasteiger partial charge on any atom is 0.244 e. The highest BCUT2D eigenvalue weighted by molar-refractivity contribution is 8.02. The zero-order valence-corrected chi connectivity index (χ0v) is 20.2. The van der Waals surface area contributed by atoms with Crippen LogP contribution in [0.25, 0.3) is 0 Å². The van der Waals surface area contributed by atoms with Gasteiger partial charge in [0.25, 0.3) is 0 Å². The van der Waals surface area contributed by atoms with Crippen LogP contribution in [0.2, 0.25) is 0 Å². The summed E-state index contributed by atoms with van der Waals surface area (Å²) in [5, 5.41) is 15.9. The third kappa shape index (κ3) is 3.52. The summed E-state index contributed by atoms with van der Waals surface area (Å²) in [5.74, 6) is -1.74. The number of rotatable bonds is 5. The smallest absolute Gasteiger partial charge is 0.244 e. The molecule has 8 heteroatoms. The summed E-state index contributed by atoms with van der Waals surface area (Å²) in [4.78, 5) is 42.4. The van der Waals surface area contributed by atoms with Crippen molar-refractivity contribution in [1.82, 2.24) is 10.2 Å². The van der Waals surface area contributed by atoms with Crippen molar-refractivity contribution in [2.24, 2.45) is 11.8 Å². The first-order chi connectivity index (χ1) is 14.9. The number of fused-ring (bicyclic) bond motifs is 1. The molecule has 4 rings (SSSR count). The number of para-hydroxylation sites is 1. The molecule has 3 N–H and O–H groups in total. The highest BCUT2D eigenvalue weighted by atomic mass is 32.2. The number of aliphatic hydroxyl groups excluding tert-OH is 1. The molecule has 1 aromatic carbocycles. The lowest BCUT2D eigenvalue weighted by atomic mass is 9.66. The van der Waals surface area contributed by atoms with Gasteiger partial charge < -0.3 is 20.6 Å². The number of anilines is 1. The average molecular weight is 460 g/mol. The van der Waals surface area contributed by atoms with Gasteiger partial charge in [-0.3, -0.25) is 14.4 Å². The second kappa shape index (κ2) is 7.76. The summed E-state index contributed by atoms with van der Waals surface area (Å²) in [5.41, 5.74) is 0.231. The van der Waals surface area contributed by atoms with Gasteiger partial charge in [0.15, 0.2) is 0 Å². The van der Waals surface area contributed by atoms with Crippen LogP contribution in [0, 0.1) is 11.8 Å². The Morgan fingerprint density at radius 3 is 2.47 bits per heavy atom. The first-order valence-corrected chi connectivity index (χ1v) is 12.1. The monoisotopic (exact) mass is 459 g/mol. The van der Waals surface area contributed by atoms with Gasteiger partial charge in [-0.05, 0) is 59.6 Å². The zero-order valence-electron chi connectivity index (χ0n) is 19.3. The molecular formula is C24H33N3O4S. The number of nitrogens with zero attached hydrogens (tertiary/aromatic N) is 1. The van der Waals surface area contributed by atoms with Gasteiger partial charge in [-0.1, -0.05) is 18.2 Å². The summed E-state index contributed by atoms with van der Waals surface area (Å²) in [6.07, 6.45) is 1.45. The van der Waals surface area contributed by atoms with E-state index in [0.717, 1.165) is 6.42 Å². The lowest BCUT2D eigenvalue weighted by Gasteiger charge is -2.37. The van der Waals surface area contributed by atoms with Gasteiger partial charge in [-0.15, -0.1) is 11.8 Å². The van der Waals surface area contributed by atoms with Crippen LogP contribution in [-0.2, 0) is 14.4 Å². The lowest BCUT2D eigenvalue weighted by Crippen LogP contribution is -2.58. The molecule has 32 heavy (non-hydrogen) atoms. The summed E-state index contributed by atoms with van der Waals surface area (Å²) in [7, 11) is 0. The maximum atomic E-state index is 13.8. The Hall–Kier alpha value is -2.06. The van der Waals surface area contributed by atoms with E-state index in [0.29, 0.717) is 12.1 Å². The molecule has 1 aromatic rings. The number of hydrogen-bond donors (Lipinski definition) is 3. The fourth-order valence-electron chi connectivity index (χ4n) is 5.81. The molecule has 7 nitrogen and oxygen atoms in total. The molecule has 3 fully saturated rings. The maximum absolute atomic E-state index is 13.8. The Kier molecular flexibility index (Phi) is 5.61. The minimum absolute atomic E-state index is 0.181. The molecule has 3 aliphatic heterocycles. The van der Waals surface area contributed by atoms with Crippen LogP contribution < -0.4 is 10.6 Å². The van der Waals surface area contributed by atoms with Crippen molar-refractivity contribution in [3.8, 4) is 0 Å². The van der Waals surface area contributed by atoms with Crippen molar-refractivity contribution >= 4 is 35.2 Å². The van der Waals surface area contributed by atoms with E-state index in [4.69, 9.17) is 0 Å². The van der Waals surface area contributed by atoms with Crippen LogP contribution in [-0.4, -0.2) is 61.5 Å². The molecule has 0 aromatic heterocycles. The number of carbonyl (C=O) groups excluding carboxylic acids is 3. The van der Waals surface area contributed by atoms with Crippen LogP contribution in [0.15, 0.2) is 30.3 Å². The van der Waals surface area contributed by atoms with E-state index in [1.807, 2.05) is 58.0 Å². The number of hydrogen-bond acceptors (Lipinski definition) is 5. The van der Waals surface area contributed by atoms with Gasteiger partial charge in [0.05, 0.1) is 29.2 Å². The summed E-state index contributed by atoms with van der Waals surface area (Å²) in [6.45, 7) is 9.29. The SMILES string of the molecule is C[C@H](CO)N1C(=O)[C@@H]2[C@H](C(=O)Nc3ccccc3)[C@]3(C)CCC2(S3)C1C(=O)NC(C)(C)C. The second-order valence-corrected chi connectivity index (χ2v) is 12.5. The molecule has 3 aliphatic rings. The molecule has 3 amide bonds. The zero-order chi connectivity index (χ0) is 23.5. The van der Waals surface area contributed by atoms with E-state index >= 15 is 0 Å². The normalized spacial score (nSPS) is 34.4. The molecule has 0 saturated carbocycles. The van der Waals surface area contributed by atoms with Gasteiger partial charge >= 0.3 is 0 Å². The molecule has 2 bridgehead atoms. The predicted molar refractivity (Wildman–Crippen MR) is 125 cm³/mol. The van der Waals surface area contributed by atoms with Gasteiger partial charge in [0.1, 0.15) is 6.04 Å². The van der Waals surface area contributed by atoms with Crippen LogP contribution >= 0.6 is 11.8 Å². The van der Waals surface area contributed by atoms with Crippen molar-refractivity contribution in [3.63, 3.8) is 0 Å². The Labute approximate surface area is 193 Å². The molecule has 3 heterocycles. The minimum atomic E-state index is -0.720. The Morgan fingerprint density at radius 1 is 1.22 bits per heavy atom. The van der Waals surface area contributed by atoms with Crippen LogP contribution in [0.4, 0.5) is 5.69 Å². The van der Waals surface area contributed by atoms with E-state index in [-0.39, 0.29) is 24.3 Å². The van der Waals surface area contributed by atoms with Gasteiger partial charge in [0.2, 0.25) is 17.7 Å². The molecule has 1 spiro atoms. The van der Waals surface area contributed by atoms with Crippen molar-refractivity contribution in [1.29, 1.82) is 0 Å². The Morgan fingerprint density at radius 2 is 1.88 bits per heavy atom. The van der Waals surface area contributed by atoms with Crippen molar-refractivity contribution < 1.29 is 19.5 Å². The molecular weight excluding hydrogens is 426 g/mol. The molecule has 6 atom stereocenters. The first kappa shape index (κ1) is 23.1. The van der Waals surface area contributed by atoms with Crippen LogP contribution in [0.3, 0.4) is 0 Å². The topological polar surface area (TPSA) is 98.7 Å². The Balaban J connectivity index is 1.74. The number of thioether (sulfide) groups is 1. The third-order valence-corrected chi connectivity index (χ3v) is 9.01. The summed E-state index contributed by atoms with van der Waals surface area (Å²) >= 11 is 1.63. The highest BCUT2D eigenvalue weighted by Crippen LogP contribution is 2.71. The molecule has 2 unspecified atom stereocenters. The minimum Gasteiger partial charge on any atom is -0.394 e. The number of carbonyl (C=O) groups is 3. The number of amides is 3. The van der Waals surface area contributed by atoms with Crippen molar-refractivity contribution in [3.05, 3.63) is 30.3 Å². The molecule has 3 saturated heterocycles. The van der Waals surface area contributed by atoms with E-state index in [1.165, 1.54) is 0 Å². The van der Waals surface area contributed by atoms with Gasteiger partial charge in [0, 0.05) is 16.0 Å².